The Bertz CT molecular complexity index is 1090. The molecule has 0 spiro atoms. The van der Waals surface area contributed by atoms with Crippen LogP contribution in [0.25, 0.3) is 11.0 Å². The van der Waals surface area contributed by atoms with Crippen LogP contribution in [0.1, 0.15) is 46.4 Å². The SMILES string of the molecule is O=C(c1ccccc1)C1CCC(Cn2cc(C(=O)N3CCOCC3)c3ncccc32)CC1. The standard InChI is InChI=1S/C26H29N3O3/c30-25(20-5-2-1-3-6-20)21-10-8-19(9-11-21)17-29-18-22(24-23(29)7-4-12-27-24)26(31)28-13-15-32-16-14-28/h1-7,12,18-19,21H,8-11,13-17H2. The van der Waals surface area contributed by atoms with Crippen molar-refractivity contribution in [1.29, 1.82) is 0 Å². The fourth-order valence-corrected chi connectivity index (χ4v) is 5.09. The van der Waals surface area contributed by atoms with Gasteiger partial charge >= 0.3 is 0 Å². The van der Waals surface area contributed by atoms with Crippen molar-refractivity contribution in [1.82, 2.24) is 14.5 Å². The summed E-state index contributed by atoms with van der Waals surface area (Å²) < 4.78 is 7.59. The van der Waals surface area contributed by atoms with Crippen molar-refractivity contribution in [3.8, 4) is 0 Å². The number of morpholine rings is 1. The van der Waals surface area contributed by atoms with E-state index in [2.05, 4.69) is 9.55 Å². The Kier molecular flexibility index (Phi) is 6.04. The van der Waals surface area contributed by atoms with Gasteiger partial charge in [0.15, 0.2) is 5.78 Å². The minimum Gasteiger partial charge on any atom is -0.378 e. The summed E-state index contributed by atoms with van der Waals surface area (Å²) >= 11 is 0. The Morgan fingerprint density at radius 2 is 1.72 bits per heavy atom. The third-order valence-corrected chi connectivity index (χ3v) is 6.90. The molecule has 6 heteroatoms. The molecule has 0 atom stereocenters. The summed E-state index contributed by atoms with van der Waals surface area (Å²) in [4.78, 5) is 32.3. The van der Waals surface area contributed by atoms with Crippen molar-refractivity contribution in [2.45, 2.75) is 32.2 Å². The predicted molar refractivity (Wildman–Crippen MR) is 123 cm³/mol. The lowest BCUT2D eigenvalue weighted by Gasteiger charge is -2.28. The lowest BCUT2D eigenvalue weighted by molar-refractivity contribution is 0.0304. The molecule has 1 saturated carbocycles. The highest BCUT2D eigenvalue weighted by atomic mass is 16.5. The van der Waals surface area contributed by atoms with Crippen LogP contribution in [-0.4, -0.2) is 52.4 Å². The normalized spacial score (nSPS) is 21.6. The Morgan fingerprint density at radius 1 is 0.969 bits per heavy atom. The van der Waals surface area contributed by atoms with E-state index in [0.29, 0.717) is 37.8 Å². The Hall–Kier alpha value is -2.99. The third-order valence-electron chi connectivity index (χ3n) is 6.90. The van der Waals surface area contributed by atoms with Gasteiger partial charge in [0.1, 0.15) is 5.52 Å². The third kappa shape index (κ3) is 4.19. The molecule has 2 fully saturated rings. The number of benzene rings is 1. The van der Waals surface area contributed by atoms with Gasteiger partial charge in [-0.2, -0.15) is 0 Å². The van der Waals surface area contributed by atoms with E-state index in [1.54, 1.807) is 6.20 Å². The summed E-state index contributed by atoms with van der Waals surface area (Å²) in [5.41, 5.74) is 3.28. The molecule has 1 aliphatic carbocycles. The molecule has 0 bridgehead atoms. The largest absolute Gasteiger partial charge is 0.378 e. The summed E-state index contributed by atoms with van der Waals surface area (Å²) in [5, 5.41) is 0. The average molecular weight is 432 g/mol. The minimum absolute atomic E-state index is 0.0351. The van der Waals surface area contributed by atoms with Gasteiger partial charge in [-0.3, -0.25) is 14.6 Å². The van der Waals surface area contributed by atoms with Gasteiger partial charge in [-0.1, -0.05) is 30.3 Å². The molecule has 32 heavy (non-hydrogen) atoms. The van der Waals surface area contributed by atoms with Gasteiger partial charge in [0.2, 0.25) is 0 Å². The second kappa shape index (κ2) is 9.25. The molecule has 6 nitrogen and oxygen atoms in total. The zero-order chi connectivity index (χ0) is 21.9. The topological polar surface area (TPSA) is 64.4 Å². The van der Waals surface area contributed by atoms with E-state index in [1.807, 2.05) is 53.6 Å². The maximum absolute atomic E-state index is 13.2. The van der Waals surface area contributed by atoms with Crippen LogP contribution in [0.5, 0.6) is 0 Å². The van der Waals surface area contributed by atoms with Crippen molar-refractivity contribution in [2.24, 2.45) is 11.8 Å². The summed E-state index contributed by atoms with van der Waals surface area (Å²) in [7, 11) is 0. The smallest absolute Gasteiger partial charge is 0.257 e. The first-order chi connectivity index (χ1) is 15.7. The highest BCUT2D eigenvalue weighted by Gasteiger charge is 2.28. The van der Waals surface area contributed by atoms with Gasteiger partial charge in [-0.15, -0.1) is 0 Å². The number of ketones is 1. The predicted octanol–water partition coefficient (Wildman–Crippen LogP) is 4.20. The molecular weight excluding hydrogens is 402 g/mol. The lowest BCUT2D eigenvalue weighted by Crippen LogP contribution is -2.40. The number of carbonyl (C=O) groups excluding carboxylic acids is 2. The number of amides is 1. The number of rotatable bonds is 5. The Balaban J connectivity index is 1.29. The van der Waals surface area contributed by atoms with Crippen LogP contribution in [0.15, 0.2) is 54.9 Å². The van der Waals surface area contributed by atoms with Crippen LogP contribution in [0.4, 0.5) is 0 Å². The first-order valence-electron chi connectivity index (χ1n) is 11.6. The molecule has 3 aromatic rings. The van der Waals surface area contributed by atoms with Crippen molar-refractivity contribution >= 4 is 22.7 Å². The molecule has 0 unspecified atom stereocenters. The van der Waals surface area contributed by atoms with Crippen LogP contribution in [0.3, 0.4) is 0 Å². The number of carbonyl (C=O) groups is 2. The minimum atomic E-state index is 0.0351. The number of hydrogen-bond acceptors (Lipinski definition) is 4. The Labute approximate surface area is 188 Å². The van der Waals surface area contributed by atoms with Crippen molar-refractivity contribution < 1.29 is 14.3 Å². The number of aromatic nitrogens is 2. The van der Waals surface area contributed by atoms with E-state index >= 15 is 0 Å². The number of pyridine rings is 1. The van der Waals surface area contributed by atoms with Gasteiger partial charge in [-0.25, -0.2) is 0 Å². The van der Waals surface area contributed by atoms with E-state index in [9.17, 15) is 9.59 Å². The summed E-state index contributed by atoms with van der Waals surface area (Å²) in [6, 6.07) is 13.6. The first-order valence-corrected chi connectivity index (χ1v) is 11.6. The molecule has 2 aliphatic rings. The van der Waals surface area contributed by atoms with Gasteiger partial charge < -0.3 is 14.2 Å². The van der Waals surface area contributed by atoms with E-state index in [0.717, 1.165) is 48.8 Å². The molecule has 1 saturated heterocycles. The fraction of sp³-hybridized carbons (Fsp3) is 0.423. The lowest BCUT2D eigenvalue weighted by atomic mass is 9.78. The van der Waals surface area contributed by atoms with Crippen LogP contribution in [0, 0.1) is 11.8 Å². The molecule has 0 radical (unpaired) electrons. The van der Waals surface area contributed by atoms with Crippen LogP contribution >= 0.6 is 0 Å². The summed E-state index contributed by atoms with van der Waals surface area (Å²) in [6.07, 6.45) is 7.64. The summed E-state index contributed by atoms with van der Waals surface area (Å²) in [5.74, 6) is 0.929. The van der Waals surface area contributed by atoms with E-state index < -0.39 is 0 Å². The number of hydrogen-bond donors (Lipinski definition) is 0. The van der Waals surface area contributed by atoms with Crippen LogP contribution < -0.4 is 0 Å². The van der Waals surface area contributed by atoms with Gasteiger partial charge in [-0.05, 0) is 43.7 Å². The quantitative estimate of drug-likeness (QED) is 0.568. The molecule has 5 rings (SSSR count). The molecule has 166 valence electrons. The first kappa shape index (κ1) is 20.9. The van der Waals surface area contributed by atoms with Gasteiger partial charge in [0.25, 0.3) is 5.91 Å². The van der Waals surface area contributed by atoms with Crippen molar-refractivity contribution in [2.75, 3.05) is 26.3 Å². The number of ether oxygens (including phenoxy) is 1. The van der Waals surface area contributed by atoms with Crippen molar-refractivity contribution in [3.05, 3.63) is 66.0 Å². The molecular formula is C26H29N3O3. The Morgan fingerprint density at radius 3 is 2.47 bits per heavy atom. The molecule has 1 aromatic carbocycles. The van der Waals surface area contributed by atoms with E-state index in [-0.39, 0.29) is 17.6 Å². The highest BCUT2D eigenvalue weighted by molar-refractivity contribution is 6.05. The second-order valence-corrected chi connectivity index (χ2v) is 8.92. The maximum atomic E-state index is 13.2. The molecule has 3 heterocycles. The molecule has 2 aromatic heterocycles. The zero-order valence-corrected chi connectivity index (χ0v) is 18.3. The van der Waals surface area contributed by atoms with E-state index in [4.69, 9.17) is 4.74 Å². The maximum Gasteiger partial charge on any atom is 0.257 e. The average Bonchev–Trinajstić information content (AvgIpc) is 3.23. The number of nitrogens with zero attached hydrogens (tertiary/aromatic N) is 3. The molecule has 1 aliphatic heterocycles. The van der Waals surface area contributed by atoms with Gasteiger partial charge in [0, 0.05) is 43.5 Å². The zero-order valence-electron chi connectivity index (χ0n) is 18.3. The number of fused-ring (bicyclic) bond motifs is 1. The fourth-order valence-electron chi connectivity index (χ4n) is 5.09. The monoisotopic (exact) mass is 431 g/mol. The summed E-state index contributed by atoms with van der Waals surface area (Å²) in [6.45, 7) is 3.27. The van der Waals surface area contributed by atoms with Crippen molar-refractivity contribution in [3.63, 3.8) is 0 Å². The number of Topliss-reactive ketones (excluding diaryl/α,β-unsaturated/α-hetero) is 1. The molecule has 0 N–H and O–H groups in total. The second-order valence-electron chi connectivity index (χ2n) is 8.92. The van der Waals surface area contributed by atoms with Gasteiger partial charge in [0.05, 0.1) is 24.3 Å². The molecule has 1 amide bonds. The van der Waals surface area contributed by atoms with Crippen LogP contribution in [0.2, 0.25) is 0 Å². The van der Waals surface area contributed by atoms with E-state index in [1.165, 1.54) is 0 Å². The highest BCUT2D eigenvalue weighted by Crippen LogP contribution is 2.33. The van der Waals surface area contributed by atoms with Crippen LogP contribution in [-0.2, 0) is 11.3 Å².